The molecule has 0 spiro atoms. The quantitative estimate of drug-likeness (QED) is 0.550. The van der Waals surface area contributed by atoms with Gasteiger partial charge in [-0.25, -0.2) is 4.79 Å². The number of carbonyl (C=O) groups is 1. The number of hydrogen-bond donors (Lipinski definition) is 1. The Morgan fingerprint density at radius 2 is 2.38 bits per heavy atom. The van der Waals surface area contributed by atoms with Gasteiger partial charge in [0.05, 0.1) is 6.61 Å². The normalized spacial score (nSPS) is 22.3. The van der Waals surface area contributed by atoms with Gasteiger partial charge in [0.2, 0.25) is 0 Å². The van der Waals surface area contributed by atoms with Gasteiger partial charge in [0.15, 0.2) is 0 Å². The molecule has 1 N–H and O–H groups in total. The molecule has 1 aliphatic rings. The third kappa shape index (κ3) is 5.44. The second-order valence-electron chi connectivity index (χ2n) is 2.65. The average molecular weight is 205 g/mol. The SMILES string of the molecule is Cl.O=C(O)C=CC1C=CCOCC1. The number of allylic oxidation sites excluding steroid dienone is 2. The van der Waals surface area contributed by atoms with E-state index in [0.717, 1.165) is 6.42 Å². The first-order valence-corrected chi connectivity index (χ1v) is 3.94. The maximum absolute atomic E-state index is 10.2. The van der Waals surface area contributed by atoms with E-state index in [1.54, 1.807) is 6.08 Å². The summed E-state index contributed by atoms with van der Waals surface area (Å²) in [5, 5.41) is 8.37. The van der Waals surface area contributed by atoms with E-state index >= 15 is 0 Å². The molecule has 0 saturated carbocycles. The monoisotopic (exact) mass is 204 g/mol. The zero-order valence-corrected chi connectivity index (χ0v) is 8.00. The van der Waals surface area contributed by atoms with Crippen LogP contribution >= 0.6 is 12.4 Å². The molecule has 1 heterocycles. The first-order valence-electron chi connectivity index (χ1n) is 3.94. The summed E-state index contributed by atoms with van der Waals surface area (Å²) in [5.74, 6) is -0.683. The molecular weight excluding hydrogens is 192 g/mol. The molecule has 1 unspecified atom stereocenters. The van der Waals surface area contributed by atoms with Gasteiger partial charge < -0.3 is 9.84 Å². The smallest absolute Gasteiger partial charge is 0.327 e. The van der Waals surface area contributed by atoms with Crippen LogP contribution in [0.25, 0.3) is 0 Å². The van der Waals surface area contributed by atoms with E-state index in [0.29, 0.717) is 13.2 Å². The van der Waals surface area contributed by atoms with Crippen molar-refractivity contribution < 1.29 is 14.6 Å². The van der Waals surface area contributed by atoms with Crippen LogP contribution in [-0.4, -0.2) is 24.3 Å². The average Bonchev–Trinajstić information content (AvgIpc) is 2.28. The van der Waals surface area contributed by atoms with Crippen LogP contribution in [0.5, 0.6) is 0 Å². The Kier molecular flexibility index (Phi) is 6.28. The van der Waals surface area contributed by atoms with Crippen LogP contribution in [0.1, 0.15) is 6.42 Å². The van der Waals surface area contributed by atoms with Crippen molar-refractivity contribution in [2.45, 2.75) is 6.42 Å². The molecule has 0 aromatic rings. The first kappa shape index (κ1) is 12.2. The zero-order valence-electron chi connectivity index (χ0n) is 7.18. The van der Waals surface area contributed by atoms with Crippen molar-refractivity contribution in [3.8, 4) is 0 Å². The van der Waals surface area contributed by atoms with E-state index in [1.165, 1.54) is 6.08 Å². The fraction of sp³-hybridized carbons (Fsp3) is 0.444. The maximum Gasteiger partial charge on any atom is 0.327 e. The largest absolute Gasteiger partial charge is 0.478 e. The minimum Gasteiger partial charge on any atom is -0.478 e. The zero-order chi connectivity index (χ0) is 8.81. The number of halogens is 1. The number of aliphatic carboxylic acids is 1. The summed E-state index contributed by atoms with van der Waals surface area (Å²) in [4.78, 5) is 10.2. The Bertz CT molecular complexity index is 211. The Morgan fingerprint density at radius 3 is 3.08 bits per heavy atom. The molecule has 74 valence electrons. The lowest BCUT2D eigenvalue weighted by Gasteiger charge is -2.02. The van der Waals surface area contributed by atoms with Crippen LogP contribution < -0.4 is 0 Å². The van der Waals surface area contributed by atoms with Gasteiger partial charge in [-0.2, -0.15) is 0 Å². The number of hydrogen-bond acceptors (Lipinski definition) is 2. The lowest BCUT2D eigenvalue weighted by Crippen LogP contribution is -1.97. The highest BCUT2D eigenvalue weighted by Crippen LogP contribution is 2.10. The molecule has 1 aliphatic heterocycles. The van der Waals surface area contributed by atoms with Crippen molar-refractivity contribution in [3.05, 3.63) is 24.3 Å². The van der Waals surface area contributed by atoms with Gasteiger partial charge in [-0.1, -0.05) is 18.2 Å². The van der Waals surface area contributed by atoms with E-state index in [9.17, 15) is 4.79 Å². The van der Waals surface area contributed by atoms with Gasteiger partial charge in [-0.3, -0.25) is 0 Å². The third-order valence-electron chi connectivity index (χ3n) is 1.68. The Labute approximate surface area is 83.5 Å². The summed E-state index contributed by atoms with van der Waals surface area (Å²) in [7, 11) is 0. The van der Waals surface area contributed by atoms with E-state index in [4.69, 9.17) is 9.84 Å². The maximum atomic E-state index is 10.2. The molecule has 0 aliphatic carbocycles. The van der Waals surface area contributed by atoms with Crippen LogP contribution in [0.15, 0.2) is 24.3 Å². The van der Waals surface area contributed by atoms with Gasteiger partial charge in [0.1, 0.15) is 0 Å². The standard InChI is InChI=1S/C9H12O3.ClH/c10-9(11)4-3-8-2-1-6-12-7-5-8;/h1-4,8H,5-7H2,(H,10,11);1H. The Balaban J connectivity index is 0.00000144. The second kappa shape index (κ2) is 6.69. The van der Waals surface area contributed by atoms with Gasteiger partial charge in [-0.05, 0) is 12.3 Å². The van der Waals surface area contributed by atoms with Crippen LogP contribution in [-0.2, 0) is 9.53 Å². The summed E-state index contributed by atoms with van der Waals surface area (Å²) in [6, 6.07) is 0. The van der Waals surface area contributed by atoms with Crippen molar-refractivity contribution >= 4 is 18.4 Å². The summed E-state index contributed by atoms with van der Waals surface area (Å²) in [6.07, 6.45) is 7.63. The fourth-order valence-corrected chi connectivity index (χ4v) is 1.06. The number of carboxylic acids is 1. The van der Waals surface area contributed by atoms with Gasteiger partial charge in [-0.15, -0.1) is 12.4 Å². The summed E-state index contributed by atoms with van der Waals surface area (Å²) in [5.41, 5.74) is 0. The van der Waals surface area contributed by atoms with Gasteiger partial charge >= 0.3 is 5.97 Å². The number of rotatable bonds is 2. The molecule has 0 aromatic heterocycles. The topological polar surface area (TPSA) is 46.5 Å². The van der Waals surface area contributed by atoms with E-state index in [2.05, 4.69) is 0 Å². The molecule has 0 amide bonds. The molecule has 1 rings (SSSR count). The predicted molar refractivity (Wildman–Crippen MR) is 52.1 cm³/mol. The molecule has 1 atom stereocenters. The molecule has 0 fully saturated rings. The second-order valence-corrected chi connectivity index (χ2v) is 2.65. The van der Waals surface area contributed by atoms with Crippen LogP contribution in [0, 0.1) is 5.92 Å². The van der Waals surface area contributed by atoms with E-state index in [1.807, 2.05) is 12.2 Å². The van der Waals surface area contributed by atoms with Gasteiger partial charge in [0, 0.05) is 12.7 Å². The van der Waals surface area contributed by atoms with Crippen LogP contribution in [0.2, 0.25) is 0 Å². The summed E-state index contributed by atoms with van der Waals surface area (Å²) >= 11 is 0. The summed E-state index contributed by atoms with van der Waals surface area (Å²) < 4.78 is 5.16. The molecule has 13 heavy (non-hydrogen) atoms. The fourth-order valence-electron chi connectivity index (χ4n) is 1.06. The molecule has 4 heteroatoms. The van der Waals surface area contributed by atoms with Crippen molar-refractivity contribution in [1.82, 2.24) is 0 Å². The first-order chi connectivity index (χ1) is 5.79. The highest BCUT2D eigenvalue weighted by Gasteiger charge is 2.03. The van der Waals surface area contributed by atoms with E-state index in [-0.39, 0.29) is 18.3 Å². The van der Waals surface area contributed by atoms with Crippen LogP contribution in [0.4, 0.5) is 0 Å². The van der Waals surface area contributed by atoms with Crippen LogP contribution in [0.3, 0.4) is 0 Å². The van der Waals surface area contributed by atoms with Crippen molar-refractivity contribution in [3.63, 3.8) is 0 Å². The Hall–Kier alpha value is -0.800. The number of ether oxygens (including phenoxy) is 1. The minimum atomic E-state index is -0.895. The highest BCUT2D eigenvalue weighted by atomic mass is 35.5. The van der Waals surface area contributed by atoms with Crippen molar-refractivity contribution in [2.75, 3.05) is 13.2 Å². The molecule has 0 aromatic carbocycles. The molecule has 0 saturated heterocycles. The van der Waals surface area contributed by atoms with Gasteiger partial charge in [0.25, 0.3) is 0 Å². The van der Waals surface area contributed by atoms with E-state index < -0.39 is 5.97 Å². The summed E-state index contributed by atoms with van der Waals surface area (Å²) in [6.45, 7) is 1.33. The molecule has 0 radical (unpaired) electrons. The van der Waals surface area contributed by atoms with Crippen molar-refractivity contribution in [1.29, 1.82) is 0 Å². The highest BCUT2D eigenvalue weighted by molar-refractivity contribution is 5.85. The lowest BCUT2D eigenvalue weighted by molar-refractivity contribution is -0.131. The molecular formula is C9H13ClO3. The number of carboxylic acid groups (broad SMARTS) is 1. The third-order valence-corrected chi connectivity index (χ3v) is 1.68. The molecule has 0 bridgehead atoms. The minimum absolute atomic E-state index is 0. The molecule has 3 nitrogen and oxygen atoms in total. The lowest BCUT2D eigenvalue weighted by atomic mass is 10.1. The predicted octanol–water partition coefficient (Wildman–Crippen LogP) is 1.64. The van der Waals surface area contributed by atoms with Crippen molar-refractivity contribution in [2.24, 2.45) is 5.92 Å². The Morgan fingerprint density at radius 1 is 1.62 bits per heavy atom.